The van der Waals surface area contributed by atoms with Gasteiger partial charge in [-0.15, -0.1) is 0 Å². The first-order valence-electron chi connectivity index (χ1n) is 7.82. The van der Waals surface area contributed by atoms with Crippen molar-refractivity contribution < 1.29 is 28.6 Å². The van der Waals surface area contributed by atoms with Crippen molar-refractivity contribution in [3.63, 3.8) is 0 Å². The van der Waals surface area contributed by atoms with Crippen molar-refractivity contribution in [2.75, 3.05) is 26.1 Å². The number of esters is 2. The first kappa shape index (κ1) is 20.7. The second-order valence-corrected chi connectivity index (χ2v) is 5.78. The van der Waals surface area contributed by atoms with E-state index in [0.717, 1.165) is 0 Å². The number of hydrogen-bond donors (Lipinski definition) is 1. The van der Waals surface area contributed by atoms with E-state index in [9.17, 15) is 14.4 Å². The molecule has 1 N–H and O–H groups in total. The SMILES string of the molecule is COC(=O)c1cc(NC(=O)COc2ccc(C#N)cc2Cl)cc(C(=O)OC)c1. The van der Waals surface area contributed by atoms with Gasteiger partial charge in [-0.3, -0.25) is 4.79 Å². The number of hydrogen-bond acceptors (Lipinski definition) is 7. The van der Waals surface area contributed by atoms with Crippen molar-refractivity contribution in [2.24, 2.45) is 0 Å². The molecule has 0 saturated carbocycles. The van der Waals surface area contributed by atoms with Gasteiger partial charge in [0.05, 0.1) is 42.0 Å². The number of ether oxygens (including phenoxy) is 3. The fourth-order valence-electron chi connectivity index (χ4n) is 2.20. The molecule has 0 aromatic heterocycles. The summed E-state index contributed by atoms with van der Waals surface area (Å²) < 4.78 is 14.6. The van der Waals surface area contributed by atoms with Crippen LogP contribution in [0.5, 0.6) is 5.75 Å². The molecule has 0 radical (unpaired) electrons. The van der Waals surface area contributed by atoms with Gasteiger partial charge in [0, 0.05) is 5.69 Å². The number of nitrogens with zero attached hydrogens (tertiary/aromatic N) is 1. The first-order chi connectivity index (χ1) is 13.4. The smallest absolute Gasteiger partial charge is 0.337 e. The number of rotatable bonds is 6. The van der Waals surface area contributed by atoms with Crippen molar-refractivity contribution in [2.45, 2.75) is 0 Å². The topological polar surface area (TPSA) is 115 Å². The molecule has 2 aromatic rings. The van der Waals surface area contributed by atoms with Gasteiger partial charge in [0.25, 0.3) is 5.91 Å². The van der Waals surface area contributed by atoms with Crippen LogP contribution in [0.1, 0.15) is 26.3 Å². The third-order valence-electron chi connectivity index (χ3n) is 3.48. The summed E-state index contributed by atoms with van der Waals surface area (Å²) in [5.74, 6) is -1.68. The quantitative estimate of drug-likeness (QED) is 0.738. The van der Waals surface area contributed by atoms with Crippen molar-refractivity contribution in [1.29, 1.82) is 5.26 Å². The Morgan fingerprint density at radius 3 is 2.14 bits per heavy atom. The maximum atomic E-state index is 12.2. The maximum Gasteiger partial charge on any atom is 0.337 e. The molecule has 0 saturated heterocycles. The zero-order valence-electron chi connectivity index (χ0n) is 14.9. The number of nitriles is 1. The van der Waals surface area contributed by atoms with E-state index in [0.29, 0.717) is 5.56 Å². The standard InChI is InChI=1S/C19H15ClN2O6/c1-26-18(24)12-6-13(19(25)27-2)8-14(7-12)22-17(23)10-28-16-4-3-11(9-21)5-15(16)20/h3-8H,10H2,1-2H3,(H,22,23). The lowest BCUT2D eigenvalue weighted by molar-refractivity contribution is -0.118. The third-order valence-corrected chi connectivity index (χ3v) is 3.77. The van der Waals surface area contributed by atoms with Crippen LogP contribution in [0.25, 0.3) is 0 Å². The number of benzene rings is 2. The molecule has 0 aliphatic rings. The van der Waals surface area contributed by atoms with Gasteiger partial charge in [-0.2, -0.15) is 5.26 Å². The van der Waals surface area contributed by atoms with Gasteiger partial charge < -0.3 is 19.5 Å². The van der Waals surface area contributed by atoms with Gasteiger partial charge in [-0.1, -0.05) is 11.6 Å². The molecule has 0 fully saturated rings. The van der Waals surface area contributed by atoms with Crippen LogP contribution in [-0.2, 0) is 14.3 Å². The van der Waals surface area contributed by atoms with Crippen molar-refractivity contribution in [3.8, 4) is 11.8 Å². The molecular formula is C19H15ClN2O6. The van der Waals surface area contributed by atoms with Crippen LogP contribution in [0.3, 0.4) is 0 Å². The molecule has 0 unspecified atom stereocenters. The zero-order valence-corrected chi connectivity index (χ0v) is 15.7. The first-order valence-corrected chi connectivity index (χ1v) is 8.19. The van der Waals surface area contributed by atoms with E-state index in [-0.39, 0.29) is 34.2 Å². The number of carbonyl (C=O) groups is 3. The van der Waals surface area contributed by atoms with Gasteiger partial charge in [-0.25, -0.2) is 9.59 Å². The van der Waals surface area contributed by atoms with Gasteiger partial charge in [0.1, 0.15) is 5.75 Å². The Kier molecular flexibility index (Phi) is 6.96. The lowest BCUT2D eigenvalue weighted by Gasteiger charge is -2.11. The number of anilines is 1. The molecule has 0 aliphatic carbocycles. The molecule has 144 valence electrons. The normalized spacial score (nSPS) is 9.79. The van der Waals surface area contributed by atoms with Gasteiger partial charge in [-0.05, 0) is 36.4 Å². The van der Waals surface area contributed by atoms with Crippen molar-refractivity contribution >= 4 is 35.1 Å². The molecule has 1 amide bonds. The summed E-state index contributed by atoms with van der Waals surface area (Å²) in [6.07, 6.45) is 0. The van der Waals surface area contributed by atoms with E-state index in [4.69, 9.17) is 21.6 Å². The highest BCUT2D eigenvalue weighted by Gasteiger charge is 2.15. The number of methoxy groups -OCH3 is 2. The van der Waals surface area contributed by atoms with Crippen molar-refractivity contribution in [3.05, 3.63) is 58.1 Å². The summed E-state index contributed by atoms with van der Waals surface area (Å²) in [4.78, 5) is 35.7. The highest BCUT2D eigenvalue weighted by Crippen LogP contribution is 2.25. The Labute approximate surface area is 165 Å². The average Bonchev–Trinajstić information content (AvgIpc) is 2.71. The molecule has 2 aromatic carbocycles. The second-order valence-electron chi connectivity index (χ2n) is 5.38. The fraction of sp³-hybridized carbons (Fsp3) is 0.158. The fourth-order valence-corrected chi connectivity index (χ4v) is 2.43. The molecule has 0 atom stereocenters. The summed E-state index contributed by atoms with van der Waals surface area (Å²) in [5.41, 5.74) is 0.674. The Hall–Kier alpha value is -3.57. The number of halogens is 1. The summed E-state index contributed by atoms with van der Waals surface area (Å²) in [6.45, 7) is -0.387. The minimum Gasteiger partial charge on any atom is -0.482 e. The van der Waals surface area contributed by atoms with Crippen LogP contribution in [0, 0.1) is 11.3 Å². The highest BCUT2D eigenvalue weighted by atomic mass is 35.5. The largest absolute Gasteiger partial charge is 0.482 e. The molecule has 0 spiro atoms. The molecule has 0 bridgehead atoms. The van der Waals surface area contributed by atoms with Crippen LogP contribution in [0.2, 0.25) is 5.02 Å². The molecule has 2 rings (SSSR count). The van der Waals surface area contributed by atoms with Gasteiger partial charge >= 0.3 is 11.9 Å². The molecule has 0 heterocycles. The Balaban J connectivity index is 2.13. The number of nitrogens with one attached hydrogen (secondary N) is 1. The average molecular weight is 403 g/mol. The summed E-state index contributed by atoms with van der Waals surface area (Å²) in [6, 6.07) is 10.3. The van der Waals surface area contributed by atoms with E-state index in [1.807, 2.05) is 6.07 Å². The molecule has 0 aliphatic heterocycles. The lowest BCUT2D eigenvalue weighted by Crippen LogP contribution is -2.21. The summed E-state index contributed by atoms with van der Waals surface area (Å²) in [7, 11) is 2.39. The number of carbonyl (C=O) groups excluding carboxylic acids is 3. The van der Waals surface area contributed by atoms with E-state index >= 15 is 0 Å². The zero-order chi connectivity index (χ0) is 20.7. The molecule has 9 heteroatoms. The third kappa shape index (κ3) is 5.22. The highest BCUT2D eigenvalue weighted by molar-refractivity contribution is 6.32. The molecular weight excluding hydrogens is 388 g/mol. The summed E-state index contributed by atoms with van der Waals surface area (Å²) >= 11 is 5.98. The lowest BCUT2D eigenvalue weighted by atomic mass is 10.1. The Morgan fingerprint density at radius 1 is 1.04 bits per heavy atom. The second kappa shape index (κ2) is 9.39. The number of amides is 1. The van der Waals surface area contributed by atoms with Crippen LogP contribution in [-0.4, -0.2) is 38.7 Å². The minimum absolute atomic E-state index is 0.0664. The van der Waals surface area contributed by atoms with E-state index in [1.165, 1.54) is 50.6 Å². The molecule has 28 heavy (non-hydrogen) atoms. The Bertz CT molecular complexity index is 933. The molecule has 8 nitrogen and oxygen atoms in total. The predicted molar refractivity (Wildman–Crippen MR) is 99.4 cm³/mol. The van der Waals surface area contributed by atoms with Gasteiger partial charge in [0.15, 0.2) is 6.61 Å². The monoisotopic (exact) mass is 402 g/mol. The maximum absolute atomic E-state index is 12.2. The van der Waals surface area contributed by atoms with E-state index in [1.54, 1.807) is 0 Å². The van der Waals surface area contributed by atoms with E-state index in [2.05, 4.69) is 14.8 Å². The van der Waals surface area contributed by atoms with Crippen LogP contribution in [0.15, 0.2) is 36.4 Å². The minimum atomic E-state index is -0.679. The van der Waals surface area contributed by atoms with Crippen LogP contribution < -0.4 is 10.1 Å². The van der Waals surface area contributed by atoms with Gasteiger partial charge in [0.2, 0.25) is 0 Å². The summed E-state index contributed by atoms with van der Waals surface area (Å²) in [5, 5.41) is 11.5. The van der Waals surface area contributed by atoms with Crippen LogP contribution >= 0.6 is 11.6 Å². The van der Waals surface area contributed by atoms with Crippen molar-refractivity contribution in [1.82, 2.24) is 0 Å². The predicted octanol–water partition coefficient (Wildman–Crippen LogP) is 2.80. The Morgan fingerprint density at radius 2 is 1.64 bits per heavy atom. The van der Waals surface area contributed by atoms with E-state index < -0.39 is 17.8 Å². The van der Waals surface area contributed by atoms with Crippen LogP contribution in [0.4, 0.5) is 5.69 Å².